The van der Waals surface area contributed by atoms with Crippen molar-refractivity contribution in [2.24, 2.45) is 0 Å². The first-order valence-corrected chi connectivity index (χ1v) is 8.07. The predicted molar refractivity (Wildman–Crippen MR) is 91.2 cm³/mol. The summed E-state index contributed by atoms with van der Waals surface area (Å²) in [6, 6.07) is 2.74. The second-order valence-electron chi connectivity index (χ2n) is 6.76. The molecular formula is C17H18F4N4O3. The number of carbonyl (C=O) groups excluding carboxylic acids is 1. The van der Waals surface area contributed by atoms with Crippen molar-refractivity contribution < 1.29 is 27.1 Å². The van der Waals surface area contributed by atoms with Gasteiger partial charge >= 0.3 is 11.8 Å². The molecule has 11 heteroatoms. The minimum atomic E-state index is -2.09. The molecule has 28 heavy (non-hydrogen) atoms. The number of ether oxygens (including phenoxy) is 1. The Kier molecular flexibility index (Phi) is 6.26. The van der Waals surface area contributed by atoms with Crippen LogP contribution in [0, 0.1) is 11.6 Å². The zero-order chi connectivity index (χ0) is 21.1. The van der Waals surface area contributed by atoms with Gasteiger partial charge in [-0.1, -0.05) is 0 Å². The van der Waals surface area contributed by atoms with Gasteiger partial charge in [0.2, 0.25) is 0 Å². The monoisotopic (exact) mass is 402 g/mol. The van der Waals surface area contributed by atoms with Crippen molar-refractivity contribution in [1.29, 1.82) is 0 Å². The Morgan fingerprint density at radius 2 is 1.89 bits per heavy atom. The van der Waals surface area contributed by atoms with Gasteiger partial charge in [-0.25, -0.2) is 27.6 Å². The highest BCUT2D eigenvalue weighted by Crippen LogP contribution is 2.13. The minimum Gasteiger partial charge on any atom is -0.444 e. The predicted octanol–water partition coefficient (Wildman–Crippen LogP) is 2.99. The van der Waals surface area contributed by atoms with E-state index in [-0.39, 0.29) is 5.69 Å². The normalized spacial score (nSPS) is 11.2. The van der Waals surface area contributed by atoms with Gasteiger partial charge in [0.15, 0.2) is 11.6 Å². The van der Waals surface area contributed by atoms with Crippen molar-refractivity contribution in [3.05, 3.63) is 58.3 Å². The number of hydrogen-bond acceptors (Lipinski definition) is 4. The SMILES string of the molecule is CC(C)(C)OC(=O)NCC(Cn1ncn(-c2ccc(F)c(F)c2)c1=O)=C(F)F. The van der Waals surface area contributed by atoms with Gasteiger partial charge in [0.25, 0.3) is 6.08 Å². The molecule has 2 aromatic rings. The summed E-state index contributed by atoms with van der Waals surface area (Å²) in [5.74, 6) is -2.27. The average Bonchev–Trinajstić information content (AvgIpc) is 2.93. The smallest absolute Gasteiger partial charge is 0.407 e. The fraction of sp³-hybridized carbons (Fsp3) is 0.353. The molecule has 0 radical (unpaired) electrons. The first-order chi connectivity index (χ1) is 13.0. The van der Waals surface area contributed by atoms with Crippen LogP contribution in [-0.2, 0) is 11.3 Å². The van der Waals surface area contributed by atoms with Crippen LogP contribution in [0.3, 0.4) is 0 Å². The quantitative estimate of drug-likeness (QED) is 0.780. The molecule has 7 nitrogen and oxygen atoms in total. The summed E-state index contributed by atoms with van der Waals surface area (Å²) in [6.07, 6.45) is -2.00. The average molecular weight is 402 g/mol. The molecule has 0 saturated carbocycles. The van der Waals surface area contributed by atoms with Crippen molar-refractivity contribution >= 4 is 6.09 Å². The van der Waals surface area contributed by atoms with Crippen LogP contribution in [0.5, 0.6) is 0 Å². The molecule has 0 bridgehead atoms. The molecule has 1 aromatic carbocycles. The zero-order valence-corrected chi connectivity index (χ0v) is 15.3. The van der Waals surface area contributed by atoms with E-state index in [1.54, 1.807) is 20.8 Å². The molecule has 0 unspecified atom stereocenters. The van der Waals surface area contributed by atoms with E-state index in [0.29, 0.717) is 4.68 Å². The van der Waals surface area contributed by atoms with Crippen LogP contribution in [0.2, 0.25) is 0 Å². The van der Waals surface area contributed by atoms with Gasteiger partial charge in [-0.2, -0.15) is 13.9 Å². The van der Waals surface area contributed by atoms with Crippen LogP contribution < -0.4 is 11.0 Å². The van der Waals surface area contributed by atoms with Crippen molar-refractivity contribution in [3.8, 4) is 5.69 Å². The van der Waals surface area contributed by atoms with Crippen molar-refractivity contribution in [3.63, 3.8) is 0 Å². The Morgan fingerprint density at radius 1 is 1.21 bits per heavy atom. The maximum absolute atomic E-state index is 13.3. The van der Waals surface area contributed by atoms with Crippen molar-refractivity contribution in [2.45, 2.75) is 32.9 Å². The largest absolute Gasteiger partial charge is 0.444 e. The first kappa shape index (κ1) is 21.2. The third-order valence-electron chi connectivity index (χ3n) is 3.37. The maximum Gasteiger partial charge on any atom is 0.407 e. The molecule has 0 aliphatic rings. The van der Waals surface area contributed by atoms with Gasteiger partial charge in [0.1, 0.15) is 11.9 Å². The summed E-state index contributed by atoms with van der Waals surface area (Å²) in [7, 11) is 0. The Hall–Kier alpha value is -3.11. The van der Waals surface area contributed by atoms with E-state index in [4.69, 9.17) is 4.74 Å². The lowest BCUT2D eigenvalue weighted by molar-refractivity contribution is 0.0531. The van der Waals surface area contributed by atoms with Crippen molar-refractivity contribution in [2.75, 3.05) is 6.54 Å². The molecule has 0 fully saturated rings. The van der Waals surface area contributed by atoms with E-state index < -0.39 is 53.8 Å². The molecule has 152 valence electrons. The topological polar surface area (TPSA) is 78.2 Å². The number of halogens is 4. The fourth-order valence-corrected chi connectivity index (χ4v) is 2.11. The summed E-state index contributed by atoms with van der Waals surface area (Å²) in [6.45, 7) is 3.66. The van der Waals surface area contributed by atoms with Crippen LogP contribution in [0.15, 0.2) is 41.0 Å². The number of alkyl carbamates (subject to hydrolysis) is 1. The third kappa shape index (κ3) is 5.44. The molecule has 1 N–H and O–H groups in total. The molecular weight excluding hydrogens is 384 g/mol. The Balaban J connectivity index is 2.16. The van der Waals surface area contributed by atoms with E-state index >= 15 is 0 Å². The summed E-state index contributed by atoms with van der Waals surface area (Å²) in [5.41, 5.74) is -2.23. The molecule has 0 aliphatic carbocycles. The number of aromatic nitrogens is 3. The fourth-order valence-electron chi connectivity index (χ4n) is 2.11. The van der Waals surface area contributed by atoms with Crippen LogP contribution >= 0.6 is 0 Å². The lowest BCUT2D eigenvalue weighted by atomic mass is 10.2. The van der Waals surface area contributed by atoms with Gasteiger partial charge in [-0.3, -0.25) is 0 Å². The second kappa shape index (κ2) is 8.28. The first-order valence-electron chi connectivity index (χ1n) is 8.07. The van der Waals surface area contributed by atoms with Gasteiger partial charge in [-0.05, 0) is 32.9 Å². The van der Waals surface area contributed by atoms with E-state index in [2.05, 4.69) is 10.4 Å². The van der Waals surface area contributed by atoms with E-state index in [1.165, 1.54) is 0 Å². The zero-order valence-electron chi connectivity index (χ0n) is 15.3. The Morgan fingerprint density at radius 3 is 2.46 bits per heavy atom. The van der Waals surface area contributed by atoms with E-state index in [1.807, 2.05) is 0 Å². The molecule has 1 amide bonds. The summed E-state index contributed by atoms with van der Waals surface area (Å²) < 4.78 is 59.2. The van der Waals surface area contributed by atoms with Crippen LogP contribution in [-0.4, -0.2) is 32.6 Å². The molecule has 2 rings (SSSR count). The Labute approximate surface area is 157 Å². The van der Waals surface area contributed by atoms with Gasteiger partial charge in [0, 0.05) is 18.2 Å². The molecule has 1 heterocycles. The van der Waals surface area contributed by atoms with Crippen LogP contribution in [0.1, 0.15) is 20.8 Å². The number of carbonyl (C=O) groups is 1. The van der Waals surface area contributed by atoms with Gasteiger partial charge in [-0.15, -0.1) is 0 Å². The van der Waals surface area contributed by atoms with E-state index in [9.17, 15) is 27.2 Å². The second-order valence-corrected chi connectivity index (χ2v) is 6.76. The molecule has 1 aromatic heterocycles. The third-order valence-corrected chi connectivity index (χ3v) is 3.37. The summed E-state index contributed by atoms with van der Waals surface area (Å²) >= 11 is 0. The van der Waals surface area contributed by atoms with E-state index in [0.717, 1.165) is 29.1 Å². The molecule has 0 spiro atoms. The summed E-state index contributed by atoms with van der Waals surface area (Å²) in [5, 5.41) is 5.86. The molecule has 0 aliphatic heterocycles. The highest BCUT2D eigenvalue weighted by Gasteiger charge is 2.18. The lowest BCUT2D eigenvalue weighted by Crippen LogP contribution is -2.35. The number of hydrogen-bond donors (Lipinski definition) is 1. The number of benzene rings is 1. The van der Waals surface area contributed by atoms with Crippen LogP contribution in [0.4, 0.5) is 22.4 Å². The maximum atomic E-state index is 13.3. The standard InChI is InChI=1S/C17H18F4N4O3/c1-17(2,3)28-15(26)22-7-10(14(20)21)8-25-16(27)24(9-23-25)11-4-5-12(18)13(19)6-11/h4-6,9H,7-8H2,1-3H3,(H,22,26). The number of amides is 1. The van der Waals surface area contributed by atoms with Gasteiger partial charge < -0.3 is 10.1 Å². The van der Waals surface area contributed by atoms with Crippen LogP contribution in [0.25, 0.3) is 5.69 Å². The highest BCUT2D eigenvalue weighted by molar-refractivity contribution is 5.68. The number of nitrogens with zero attached hydrogens (tertiary/aromatic N) is 3. The molecule has 0 saturated heterocycles. The summed E-state index contributed by atoms with van der Waals surface area (Å²) in [4.78, 5) is 23.9. The molecule has 0 atom stereocenters. The van der Waals surface area contributed by atoms with Gasteiger partial charge in [0.05, 0.1) is 12.2 Å². The number of nitrogens with one attached hydrogen (secondary N) is 1. The lowest BCUT2D eigenvalue weighted by Gasteiger charge is -2.19. The minimum absolute atomic E-state index is 0.0201. The van der Waals surface area contributed by atoms with Crippen molar-refractivity contribution in [1.82, 2.24) is 19.7 Å². The Bertz CT molecular complexity index is 956. The highest BCUT2D eigenvalue weighted by atomic mass is 19.3. The number of rotatable bonds is 5.